The number of hydrogen-bond acceptors (Lipinski definition) is 5. The normalized spacial score (nSPS) is 36.8. The minimum atomic E-state index is -0.415. The fourth-order valence-electron chi connectivity index (χ4n) is 6.22. The zero-order valence-electron chi connectivity index (χ0n) is 15.4. The van der Waals surface area contributed by atoms with Crippen molar-refractivity contribution in [1.29, 1.82) is 0 Å². The molecule has 6 rings (SSSR count). The number of aliphatic hydroxyl groups is 1. The summed E-state index contributed by atoms with van der Waals surface area (Å²) < 4.78 is 2.04. The molecule has 0 amide bonds. The molecule has 4 bridgehead atoms. The average Bonchev–Trinajstić information content (AvgIpc) is 2.98. The van der Waals surface area contributed by atoms with E-state index in [9.17, 15) is 5.11 Å². The number of nitrogens with one attached hydrogen (secondary N) is 1. The van der Waals surface area contributed by atoms with E-state index in [0.717, 1.165) is 41.5 Å². The molecule has 25 heavy (non-hydrogen) atoms. The SMILES string of the molecule is Cc1nn2c(CNC34CC5CC(CC(O)(C5)C3)C4)c(C(C)C)nc2s1. The Morgan fingerprint density at radius 1 is 1.28 bits per heavy atom. The largest absolute Gasteiger partial charge is 0.390 e. The molecule has 2 N–H and O–H groups in total. The maximum Gasteiger partial charge on any atom is 0.212 e. The van der Waals surface area contributed by atoms with Gasteiger partial charge in [0.05, 0.1) is 17.0 Å². The Balaban J connectivity index is 1.45. The van der Waals surface area contributed by atoms with E-state index < -0.39 is 5.60 Å². The molecule has 4 saturated carbocycles. The third-order valence-corrected chi connectivity index (χ3v) is 7.46. The van der Waals surface area contributed by atoms with E-state index >= 15 is 0 Å². The summed E-state index contributed by atoms with van der Waals surface area (Å²) in [6.45, 7) is 7.25. The Morgan fingerprint density at radius 3 is 2.64 bits per heavy atom. The van der Waals surface area contributed by atoms with Gasteiger partial charge in [0.1, 0.15) is 5.01 Å². The molecule has 2 heterocycles. The van der Waals surface area contributed by atoms with Gasteiger partial charge >= 0.3 is 0 Å². The number of hydrogen-bond donors (Lipinski definition) is 2. The lowest BCUT2D eigenvalue weighted by molar-refractivity contribution is -0.142. The van der Waals surface area contributed by atoms with Gasteiger partial charge < -0.3 is 10.4 Å². The predicted octanol–water partition coefficient (Wildman–Crippen LogP) is 3.40. The topological polar surface area (TPSA) is 62.5 Å². The zero-order valence-corrected chi connectivity index (χ0v) is 16.2. The highest BCUT2D eigenvalue weighted by Gasteiger charge is 2.57. The van der Waals surface area contributed by atoms with Gasteiger partial charge in [-0.3, -0.25) is 0 Å². The third kappa shape index (κ3) is 2.56. The summed E-state index contributed by atoms with van der Waals surface area (Å²) >= 11 is 1.66. The summed E-state index contributed by atoms with van der Waals surface area (Å²) in [5.74, 6) is 1.80. The molecule has 4 aliphatic carbocycles. The molecule has 4 aliphatic rings. The highest BCUT2D eigenvalue weighted by atomic mass is 32.1. The maximum absolute atomic E-state index is 11.0. The van der Waals surface area contributed by atoms with Gasteiger partial charge in [0.2, 0.25) is 4.96 Å². The summed E-state index contributed by atoms with van der Waals surface area (Å²) in [5.41, 5.74) is 2.07. The van der Waals surface area contributed by atoms with Crippen LogP contribution in [0, 0.1) is 18.8 Å². The van der Waals surface area contributed by atoms with Crippen molar-refractivity contribution in [3.05, 3.63) is 16.4 Å². The van der Waals surface area contributed by atoms with Gasteiger partial charge in [0.15, 0.2) is 0 Å². The minimum absolute atomic E-state index is 0.113. The molecule has 6 heteroatoms. The molecule has 4 fully saturated rings. The monoisotopic (exact) mass is 360 g/mol. The second-order valence-electron chi connectivity index (χ2n) is 9.23. The van der Waals surface area contributed by atoms with Crippen LogP contribution in [0.3, 0.4) is 0 Å². The van der Waals surface area contributed by atoms with Crippen LogP contribution in [0.15, 0.2) is 0 Å². The van der Waals surface area contributed by atoms with Crippen LogP contribution in [-0.4, -0.2) is 30.8 Å². The highest BCUT2D eigenvalue weighted by Crippen LogP contribution is 2.57. The molecule has 0 spiro atoms. The van der Waals surface area contributed by atoms with Crippen molar-refractivity contribution in [1.82, 2.24) is 19.9 Å². The smallest absolute Gasteiger partial charge is 0.212 e. The fourth-order valence-corrected chi connectivity index (χ4v) is 6.99. The van der Waals surface area contributed by atoms with E-state index in [0.29, 0.717) is 17.8 Å². The first-order valence-electron chi connectivity index (χ1n) is 9.67. The van der Waals surface area contributed by atoms with E-state index in [1.54, 1.807) is 11.3 Å². The number of aryl methyl sites for hydroxylation is 1. The Bertz CT molecular complexity index is 809. The zero-order chi connectivity index (χ0) is 17.4. The van der Waals surface area contributed by atoms with E-state index in [2.05, 4.69) is 24.3 Å². The van der Waals surface area contributed by atoms with Crippen LogP contribution in [0.5, 0.6) is 0 Å². The first kappa shape index (κ1) is 16.2. The van der Waals surface area contributed by atoms with Crippen molar-refractivity contribution < 1.29 is 5.11 Å². The summed E-state index contributed by atoms with van der Waals surface area (Å²) in [5, 5.41) is 20.6. The average molecular weight is 361 g/mol. The number of nitrogens with zero attached hydrogens (tertiary/aromatic N) is 3. The van der Waals surface area contributed by atoms with Crippen LogP contribution >= 0.6 is 11.3 Å². The van der Waals surface area contributed by atoms with Gasteiger partial charge in [-0.15, -0.1) is 0 Å². The quantitative estimate of drug-likeness (QED) is 0.877. The number of aromatic nitrogens is 3. The van der Waals surface area contributed by atoms with Crippen molar-refractivity contribution >= 4 is 16.3 Å². The van der Waals surface area contributed by atoms with Crippen molar-refractivity contribution in [2.45, 2.75) is 82.9 Å². The Labute approximate surface area is 152 Å². The molecule has 136 valence electrons. The molecule has 0 aliphatic heterocycles. The molecular formula is C19H28N4OS. The standard InChI is InChI=1S/C19H28N4OS/c1-11(2)16-15(23-17(21-16)25-12(3)22-23)9-20-18-5-13-4-14(6-18)8-19(24,7-13)10-18/h11,13-14,20,24H,4-10H2,1-3H3. The van der Waals surface area contributed by atoms with E-state index in [1.807, 2.05) is 11.4 Å². The second kappa shape index (κ2) is 5.27. The number of rotatable bonds is 4. The van der Waals surface area contributed by atoms with Gasteiger partial charge in [-0.2, -0.15) is 5.10 Å². The van der Waals surface area contributed by atoms with Crippen molar-refractivity contribution in [2.24, 2.45) is 11.8 Å². The molecule has 0 aromatic carbocycles. The molecule has 2 unspecified atom stereocenters. The van der Waals surface area contributed by atoms with Gasteiger partial charge in [-0.25, -0.2) is 9.50 Å². The second-order valence-corrected chi connectivity index (χ2v) is 10.4. The summed E-state index contributed by atoms with van der Waals surface area (Å²) in [4.78, 5) is 5.84. The Morgan fingerprint density at radius 2 is 2.00 bits per heavy atom. The lowest BCUT2D eigenvalue weighted by Crippen LogP contribution is -2.64. The lowest BCUT2D eigenvalue weighted by Gasteiger charge is -2.60. The van der Waals surface area contributed by atoms with Gasteiger partial charge in [-0.1, -0.05) is 25.2 Å². The molecular weight excluding hydrogens is 332 g/mol. The third-order valence-electron chi connectivity index (χ3n) is 6.64. The van der Waals surface area contributed by atoms with Crippen LogP contribution in [0.4, 0.5) is 0 Å². The molecule has 0 radical (unpaired) electrons. The van der Waals surface area contributed by atoms with E-state index in [-0.39, 0.29) is 5.54 Å². The lowest BCUT2D eigenvalue weighted by atomic mass is 9.51. The molecule has 2 atom stereocenters. The Hall–Kier alpha value is -0.980. The summed E-state index contributed by atoms with van der Waals surface area (Å²) in [6.07, 6.45) is 6.73. The van der Waals surface area contributed by atoms with E-state index in [4.69, 9.17) is 4.98 Å². The number of fused-ring (bicyclic) bond motifs is 1. The minimum Gasteiger partial charge on any atom is -0.390 e. The van der Waals surface area contributed by atoms with Crippen molar-refractivity contribution in [3.8, 4) is 0 Å². The molecule has 5 nitrogen and oxygen atoms in total. The Kier molecular flexibility index (Phi) is 3.42. The van der Waals surface area contributed by atoms with Crippen LogP contribution in [0.2, 0.25) is 0 Å². The maximum atomic E-state index is 11.0. The molecule has 0 saturated heterocycles. The van der Waals surface area contributed by atoms with Crippen LogP contribution in [-0.2, 0) is 6.54 Å². The van der Waals surface area contributed by atoms with Gasteiger partial charge in [0, 0.05) is 12.1 Å². The first-order chi connectivity index (χ1) is 11.8. The van der Waals surface area contributed by atoms with E-state index in [1.165, 1.54) is 25.0 Å². The van der Waals surface area contributed by atoms with Crippen molar-refractivity contribution in [3.63, 3.8) is 0 Å². The van der Waals surface area contributed by atoms with Gasteiger partial charge in [0.25, 0.3) is 0 Å². The van der Waals surface area contributed by atoms with Gasteiger partial charge in [-0.05, 0) is 63.2 Å². The fraction of sp³-hybridized carbons (Fsp3) is 0.789. The van der Waals surface area contributed by atoms with Crippen LogP contribution < -0.4 is 5.32 Å². The first-order valence-corrected chi connectivity index (χ1v) is 10.5. The van der Waals surface area contributed by atoms with Crippen LogP contribution in [0.1, 0.15) is 74.7 Å². The summed E-state index contributed by atoms with van der Waals surface area (Å²) in [6, 6.07) is 0. The molecule has 2 aromatic rings. The highest BCUT2D eigenvalue weighted by molar-refractivity contribution is 7.16. The number of imidazole rings is 1. The summed E-state index contributed by atoms with van der Waals surface area (Å²) in [7, 11) is 0. The molecule has 2 aromatic heterocycles. The van der Waals surface area contributed by atoms with Crippen LogP contribution in [0.25, 0.3) is 4.96 Å². The van der Waals surface area contributed by atoms with Crippen molar-refractivity contribution in [2.75, 3.05) is 0 Å². The predicted molar refractivity (Wildman–Crippen MR) is 98.9 cm³/mol.